The molecule has 0 unspecified atom stereocenters. The summed E-state index contributed by atoms with van der Waals surface area (Å²) in [5.74, 6) is -3.67. The van der Waals surface area contributed by atoms with Gasteiger partial charge in [-0.3, -0.25) is 14.4 Å². The summed E-state index contributed by atoms with van der Waals surface area (Å²) in [6.45, 7) is 13.8. The van der Waals surface area contributed by atoms with Crippen LogP contribution in [0, 0.1) is 0 Å². The highest BCUT2D eigenvalue weighted by Gasteiger charge is 2.50. The Labute approximate surface area is 172 Å². The van der Waals surface area contributed by atoms with Crippen molar-refractivity contribution < 1.29 is 33.1 Å². The van der Waals surface area contributed by atoms with Gasteiger partial charge in [-0.25, -0.2) is 0 Å². The van der Waals surface area contributed by atoms with Crippen molar-refractivity contribution >= 4 is 26.3 Å². The second-order valence-electron chi connectivity index (χ2n) is 6.80. The number of hydrogen-bond acceptors (Lipinski definition) is 6. The van der Waals surface area contributed by atoms with Gasteiger partial charge in [0.05, 0.1) is 19.6 Å². The predicted molar refractivity (Wildman–Crippen MR) is 114 cm³/mol. The zero-order valence-corrected chi connectivity index (χ0v) is 18.0. The van der Waals surface area contributed by atoms with Crippen molar-refractivity contribution in [2.75, 3.05) is 26.2 Å². The summed E-state index contributed by atoms with van der Waals surface area (Å²) in [6.07, 6.45) is 2.20. The highest BCUT2D eigenvalue weighted by atomic mass is 16.9. The normalized spacial score (nSPS) is 11.4. The van der Waals surface area contributed by atoms with Crippen LogP contribution >= 0.6 is 0 Å². The number of nitrogens with zero attached hydrogens (tertiary/aromatic N) is 1. The lowest BCUT2D eigenvalue weighted by molar-refractivity contribution is -0.935. The monoisotopic (exact) mass is 403 g/mol. The number of hydrogen-bond donors (Lipinski definition) is 0. The minimum absolute atomic E-state index is 0. The van der Waals surface area contributed by atoms with Crippen LogP contribution in [-0.4, -0.2) is 63.0 Å². The Morgan fingerprint density at radius 3 is 1.14 bits per heavy atom. The fourth-order valence-corrected chi connectivity index (χ4v) is 2.86. The van der Waals surface area contributed by atoms with Gasteiger partial charge in [0.15, 0.2) is 0 Å². The molecular weight excluding hydrogens is 361 g/mol. The van der Waals surface area contributed by atoms with E-state index in [1.165, 1.54) is 0 Å². The van der Waals surface area contributed by atoms with Crippen molar-refractivity contribution in [2.45, 2.75) is 86.0 Å². The fourth-order valence-electron chi connectivity index (χ4n) is 2.86. The molecular formula is C20H42BNO6. The number of carbonyl (C=O) groups is 3. The molecule has 166 valence electrons. The summed E-state index contributed by atoms with van der Waals surface area (Å²) in [7, 11) is 0. The van der Waals surface area contributed by atoms with Gasteiger partial charge in [0, 0.05) is 19.3 Å². The molecule has 0 spiro atoms. The van der Waals surface area contributed by atoms with Gasteiger partial charge < -0.3 is 18.7 Å². The van der Waals surface area contributed by atoms with E-state index in [1.54, 1.807) is 0 Å². The van der Waals surface area contributed by atoms with Gasteiger partial charge >= 0.3 is 23.9 Å². The molecule has 0 aromatic heterocycles. The van der Waals surface area contributed by atoms with Crippen LogP contribution in [0.25, 0.3) is 0 Å². The third-order valence-electron chi connectivity index (χ3n) is 4.71. The van der Waals surface area contributed by atoms with Crippen molar-refractivity contribution in [3.8, 4) is 0 Å². The molecule has 0 rings (SSSR count). The Morgan fingerprint density at radius 2 is 0.929 bits per heavy atom. The second-order valence-corrected chi connectivity index (χ2v) is 6.80. The van der Waals surface area contributed by atoms with Crippen LogP contribution in [0.1, 0.15) is 80.1 Å². The first-order valence-corrected chi connectivity index (χ1v) is 10.3. The summed E-state index contributed by atoms with van der Waals surface area (Å²) < 4.78 is 17.1. The van der Waals surface area contributed by atoms with Crippen LogP contribution in [-0.2, 0) is 28.6 Å². The largest absolute Gasteiger partial charge is 0.476 e. The van der Waals surface area contributed by atoms with Crippen molar-refractivity contribution in [3.63, 3.8) is 0 Å². The smallest absolute Gasteiger partial charge is 0.384 e. The summed E-state index contributed by atoms with van der Waals surface area (Å²) in [6, 6.07) is 0. The molecule has 0 N–H and O–H groups in total. The molecule has 0 aliphatic heterocycles. The maximum absolute atomic E-state index is 12.3. The molecule has 0 saturated carbocycles. The minimum atomic E-state index is -2.02. The zero-order chi connectivity index (χ0) is 20.9. The Bertz CT molecular complexity index is 421. The Balaban J connectivity index is 0. The van der Waals surface area contributed by atoms with E-state index in [2.05, 4.69) is 0 Å². The Hall–Kier alpha value is -1.57. The van der Waals surface area contributed by atoms with Crippen LogP contribution in [0.3, 0.4) is 0 Å². The summed E-state index contributed by atoms with van der Waals surface area (Å²) in [4.78, 5) is 36.8. The van der Waals surface area contributed by atoms with E-state index < -0.39 is 23.9 Å². The zero-order valence-electron chi connectivity index (χ0n) is 18.0. The molecule has 0 fully saturated rings. The molecule has 0 aliphatic rings. The van der Waals surface area contributed by atoms with Crippen LogP contribution < -0.4 is 0 Å². The summed E-state index contributed by atoms with van der Waals surface area (Å²) >= 11 is 0. The second kappa shape index (κ2) is 14.4. The van der Waals surface area contributed by atoms with Crippen LogP contribution in [0.4, 0.5) is 0 Å². The summed E-state index contributed by atoms with van der Waals surface area (Å²) in [5, 5.41) is 0. The van der Waals surface area contributed by atoms with Crippen molar-refractivity contribution in [1.82, 2.24) is 0 Å². The number of rotatable bonds is 14. The molecule has 7 nitrogen and oxygen atoms in total. The molecule has 0 amide bonds. The number of quaternary nitrogens is 1. The lowest BCUT2D eigenvalue weighted by Crippen LogP contribution is -2.61. The van der Waals surface area contributed by atoms with Gasteiger partial charge in [-0.2, -0.15) is 0 Å². The molecule has 0 saturated heterocycles. The van der Waals surface area contributed by atoms with Gasteiger partial charge in [0.1, 0.15) is 0 Å². The van der Waals surface area contributed by atoms with Crippen LogP contribution in [0.5, 0.6) is 0 Å². The van der Waals surface area contributed by atoms with Gasteiger partial charge in [-0.15, -0.1) is 0 Å². The number of esters is 3. The van der Waals surface area contributed by atoms with E-state index in [0.717, 1.165) is 19.6 Å². The first-order valence-electron chi connectivity index (χ1n) is 10.3. The highest BCUT2D eigenvalue weighted by molar-refractivity contribution is 5.75. The lowest BCUT2D eigenvalue weighted by Gasteiger charge is -2.41. The Morgan fingerprint density at radius 1 is 0.643 bits per heavy atom. The van der Waals surface area contributed by atoms with Gasteiger partial charge in [-0.05, 0) is 40.0 Å². The van der Waals surface area contributed by atoms with E-state index in [9.17, 15) is 14.4 Å². The SMILES string of the molecule is CCCC(=O)OC(C[N+](CC)(CC)CC)(OC(=O)CCC)OC(=O)CCC.[BH4-]. The number of likely N-dealkylation sites (N-methyl/N-ethyl adjacent to an activating group) is 1. The Kier molecular flexibility index (Phi) is 14.8. The maximum atomic E-state index is 12.3. The average molecular weight is 403 g/mol. The molecule has 0 atom stereocenters. The van der Waals surface area contributed by atoms with Crippen LogP contribution in [0.2, 0.25) is 0 Å². The molecule has 0 radical (unpaired) electrons. The minimum Gasteiger partial charge on any atom is -0.384 e. The van der Waals surface area contributed by atoms with Crippen molar-refractivity contribution in [1.29, 1.82) is 0 Å². The van der Waals surface area contributed by atoms with Gasteiger partial charge in [0.25, 0.3) is 0 Å². The van der Waals surface area contributed by atoms with E-state index in [0.29, 0.717) is 23.7 Å². The maximum Gasteiger partial charge on any atom is 0.476 e. The molecule has 0 aromatic carbocycles. The average Bonchev–Trinajstić information content (AvgIpc) is 2.60. The highest BCUT2D eigenvalue weighted by Crippen LogP contribution is 2.25. The van der Waals surface area contributed by atoms with E-state index in [4.69, 9.17) is 14.2 Å². The molecule has 0 bridgehead atoms. The molecule has 0 aliphatic carbocycles. The molecule has 28 heavy (non-hydrogen) atoms. The topological polar surface area (TPSA) is 78.9 Å². The summed E-state index contributed by atoms with van der Waals surface area (Å²) in [5.41, 5.74) is 0. The first-order chi connectivity index (χ1) is 12.8. The van der Waals surface area contributed by atoms with E-state index >= 15 is 0 Å². The molecule has 0 aromatic rings. The molecule has 0 heterocycles. The lowest BCUT2D eigenvalue weighted by atomic mass is 10.2. The first kappa shape index (κ1) is 28.6. The van der Waals surface area contributed by atoms with E-state index in [-0.39, 0.29) is 34.2 Å². The third-order valence-corrected chi connectivity index (χ3v) is 4.71. The standard InChI is InChI=1S/C20H38NO6.BH4/c1-7-13-17(22)25-20(26-18(23)14-8-2,27-19(24)15-9-3)16-21(10-4,11-5)12-6;/h7-16H2,1-6H3;1H4/q+1;-1. The van der Waals surface area contributed by atoms with Crippen molar-refractivity contribution in [3.05, 3.63) is 0 Å². The van der Waals surface area contributed by atoms with Crippen LogP contribution in [0.15, 0.2) is 0 Å². The third kappa shape index (κ3) is 9.58. The number of ether oxygens (including phenoxy) is 3. The quantitative estimate of drug-likeness (QED) is 0.191. The van der Waals surface area contributed by atoms with Crippen molar-refractivity contribution in [2.24, 2.45) is 0 Å². The van der Waals surface area contributed by atoms with Gasteiger partial charge in [0.2, 0.25) is 6.54 Å². The fraction of sp³-hybridized carbons (Fsp3) is 0.850. The van der Waals surface area contributed by atoms with E-state index in [1.807, 2.05) is 41.5 Å². The molecule has 8 heteroatoms. The predicted octanol–water partition coefficient (Wildman–Crippen LogP) is 2.10. The van der Waals surface area contributed by atoms with Gasteiger partial charge in [-0.1, -0.05) is 29.2 Å². The number of carbonyl (C=O) groups excluding carboxylic acids is 3.